The zero-order valence-corrected chi connectivity index (χ0v) is 12.8. The predicted octanol–water partition coefficient (Wildman–Crippen LogP) is -2.80. The Hall–Kier alpha value is -1.04. The molecule has 2 aliphatic heterocycles. The van der Waals surface area contributed by atoms with Crippen molar-refractivity contribution in [3.05, 3.63) is 24.0 Å². The highest BCUT2D eigenvalue weighted by atomic mass is 16.8. The zero-order chi connectivity index (χ0) is 17.4. The van der Waals surface area contributed by atoms with Gasteiger partial charge in [0.25, 0.3) is 0 Å². The molecule has 2 heterocycles. The number of ether oxygens (including phenoxy) is 3. The van der Waals surface area contributed by atoms with Crippen molar-refractivity contribution in [2.24, 2.45) is 11.8 Å². The predicted molar refractivity (Wildman–Crippen MR) is 77.0 cm³/mol. The molecule has 24 heavy (non-hydrogen) atoms. The smallest absolute Gasteiger partial charge is 0.209 e. The molecule has 1 fully saturated rings. The van der Waals surface area contributed by atoms with E-state index in [1.165, 1.54) is 12.3 Å². The average molecular weight is 346 g/mol. The van der Waals surface area contributed by atoms with E-state index in [0.29, 0.717) is 5.57 Å². The highest BCUT2D eigenvalue weighted by Gasteiger charge is 2.49. The normalized spacial score (nSPS) is 47.9. The van der Waals surface area contributed by atoms with Crippen LogP contribution in [0.5, 0.6) is 0 Å². The van der Waals surface area contributed by atoms with Gasteiger partial charge < -0.3 is 44.8 Å². The summed E-state index contributed by atoms with van der Waals surface area (Å²) in [6.07, 6.45) is -4.27. The summed E-state index contributed by atoms with van der Waals surface area (Å²) < 4.78 is 16.3. The summed E-state index contributed by atoms with van der Waals surface area (Å²) in [5.41, 5.74) is 0.534. The summed E-state index contributed by atoms with van der Waals surface area (Å²) in [7, 11) is 0. The Balaban J connectivity index is 1.75. The van der Waals surface area contributed by atoms with E-state index in [4.69, 9.17) is 14.2 Å². The minimum atomic E-state index is -1.56. The molecule has 3 aliphatic rings. The molecule has 3 rings (SSSR count). The molecule has 0 aromatic heterocycles. The van der Waals surface area contributed by atoms with Crippen molar-refractivity contribution in [3.63, 3.8) is 0 Å². The van der Waals surface area contributed by atoms with E-state index in [2.05, 4.69) is 0 Å². The minimum absolute atomic E-state index is 0.288. The van der Waals surface area contributed by atoms with Gasteiger partial charge in [0.15, 0.2) is 6.29 Å². The molecule has 136 valence electrons. The van der Waals surface area contributed by atoms with Gasteiger partial charge >= 0.3 is 0 Å². The zero-order valence-electron chi connectivity index (χ0n) is 12.8. The fraction of sp³-hybridized carbons (Fsp3) is 0.733. The van der Waals surface area contributed by atoms with Gasteiger partial charge in [0, 0.05) is 5.92 Å². The lowest BCUT2D eigenvalue weighted by Gasteiger charge is -2.42. The third-order valence-corrected chi connectivity index (χ3v) is 4.73. The van der Waals surface area contributed by atoms with Crippen LogP contribution >= 0.6 is 0 Å². The van der Waals surface area contributed by atoms with Crippen LogP contribution in [0.2, 0.25) is 0 Å². The molecule has 9 atom stereocenters. The van der Waals surface area contributed by atoms with Crippen LogP contribution in [0, 0.1) is 11.8 Å². The van der Waals surface area contributed by atoms with Crippen LogP contribution in [0.4, 0.5) is 0 Å². The standard InChI is InChI=1S/C15H22O9/c16-4-6-3-8(18)7-1-2-22-14(10(6)7)24-15-13(21)12(20)11(19)9(5-17)23-15/h1-3,7-21H,4-5H2/t7-,8+,9+,10+,11-,12+,13+,14-,15-/m0/s1. The van der Waals surface area contributed by atoms with E-state index in [-0.39, 0.29) is 12.5 Å². The van der Waals surface area contributed by atoms with E-state index < -0.39 is 55.6 Å². The lowest BCUT2D eigenvalue weighted by Crippen LogP contribution is -2.60. The first kappa shape index (κ1) is 17.8. The molecular formula is C15H22O9. The van der Waals surface area contributed by atoms with Gasteiger partial charge in [-0.2, -0.15) is 0 Å². The molecule has 0 aromatic rings. The Labute approximate surface area is 138 Å². The monoisotopic (exact) mass is 346 g/mol. The third kappa shape index (κ3) is 2.98. The Kier molecular flexibility index (Phi) is 5.23. The average Bonchev–Trinajstić information content (AvgIpc) is 2.92. The van der Waals surface area contributed by atoms with Crippen LogP contribution in [0.3, 0.4) is 0 Å². The third-order valence-electron chi connectivity index (χ3n) is 4.73. The first-order valence-electron chi connectivity index (χ1n) is 7.75. The second-order valence-electron chi connectivity index (χ2n) is 6.16. The minimum Gasteiger partial charge on any atom is -0.472 e. The molecule has 0 aromatic carbocycles. The van der Waals surface area contributed by atoms with Gasteiger partial charge in [-0.1, -0.05) is 6.08 Å². The molecule has 9 heteroatoms. The number of rotatable bonds is 4. The molecule has 0 unspecified atom stereocenters. The maximum Gasteiger partial charge on any atom is 0.209 e. The van der Waals surface area contributed by atoms with E-state index >= 15 is 0 Å². The SMILES string of the molecule is OCC1=C[C@@H](O)[C@@H]2C=CO[C@@H](O[C@@H]3O[C@H](CO)[C@H](O)[C@@H](O)[C@H]3O)[C@H]12. The number of fused-ring (bicyclic) bond motifs is 1. The van der Waals surface area contributed by atoms with E-state index in [1.54, 1.807) is 6.08 Å². The van der Waals surface area contributed by atoms with Gasteiger partial charge in [-0.3, -0.25) is 0 Å². The van der Waals surface area contributed by atoms with Crippen molar-refractivity contribution in [2.45, 2.75) is 43.1 Å². The largest absolute Gasteiger partial charge is 0.472 e. The van der Waals surface area contributed by atoms with E-state index in [0.717, 1.165) is 0 Å². The van der Waals surface area contributed by atoms with Gasteiger partial charge in [0.05, 0.1) is 31.5 Å². The molecule has 0 bridgehead atoms. The Morgan fingerprint density at radius 2 is 1.75 bits per heavy atom. The molecule has 1 aliphatic carbocycles. The van der Waals surface area contributed by atoms with Crippen LogP contribution in [-0.4, -0.2) is 87.0 Å². The molecule has 0 saturated carbocycles. The molecular weight excluding hydrogens is 324 g/mol. The lowest BCUT2D eigenvalue weighted by atomic mass is 9.88. The van der Waals surface area contributed by atoms with E-state index in [9.17, 15) is 30.6 Å². The van der Waals surface area contributed by atoms with Crippen molar-refractivity contribution < 1.29 is 44.8 Å². The number of aliphatic hydroxyl groups excluding tert-OH is 6. The Bertz CT molecular complexity index is 505. The van der Waals surface area contributed by atoms with E-state index in [1.807, 2.05) is 0 Å². The van der Waals surface area contributed by atoms with Crippen molar-refractivity contribution in [3.8, 4) is 0 Å². The summed E-state index contributed by atoms with van der Waals surface area (Å²) in [6, 6.07) is 0. The molecule has 0 spiro atoms. The lowest BCUT2D eigenvalue weighted by molar-refractivity contribution is -0.339. The number of hydrogen-bond acceptors (Lipinski definition) is 9. The van der Waals surface area contributed by atoms with Gasteiger partial charge in [0.1, 0.15) is 24.4 Å². The topological polar surface area (TPSA) is 149 Å². The molecule has 0 radical (unpaired) electrons. The summed E-state index contributed by atoms with van der Waals surface area (Å²) in [6.45, 7) is -0.854. The Morgan fingerprint density at radius 1 is 1.00 bits per heavy atom. The maximum absolute atomic E-state index is 10.0. The summed E-state index contributed by atoms with van der Waals surface area (Å²) in [4.78, 5) is 0. The van der Waals surface area contributed by atoms with Gasteiger partial charge in [0.2, 0.25) is 6.29 Å². The highest BCUT2D eigenvalue weighted by Crippen LogP contribution is 2.40. The summed E-state index contributed by atoms with van der Waals surface area (Å²) in [5.74, 6) is -0.835. The summed E-state index contributed by atoms with van der Waals surface area (Å²) in [5, 5.41) is 58.3. The molecule has 1 saturated heterocycles. The fourth-order valence-corrected chi connectivity index (χ4v) is 3.38. The second-order valence-corrected chi connectivity index (χ2v) is 6.16. The van der Waals surface area contributed by atoms with Crippen LogP contribution in [-0.2, 0) is 14.2 Å². The van der Waals surface area contributed by atoms with Gasteiger partial charge in [-0.25, -0.2) is 0 Å². The van der Waals surface area contributed by atoms with Gasteiger partial charge in [-0.15, -0.1) is 0 Å². The van der Waals surface area contributed by atoms with Crippen molar-refractivity contribution in [2.75, 3.05) is 13.2 Å². The molecule has 6 N–H and O–H groups in total. The van der Waals surface area contributed by atoms with Crippen LogP contribution in [0.25, 0.3) is 0 Å². The molecule has 9 nitrogen and oxygen atoms in total. The Morgan fingerprint density at radius 3 is 2.42 bits per heavy atom. The summed E-state index contributed by atoms with van der Waals surface area (Å²) >= 11 is 0. The number of hydrogen-bond donors (Lipinski definition) is 6. The maximum atomic E-state index is 10.0. The van der Waals surface area contributed by atoms with Crippen molar-refractivity contribution in [1.82, 2.24) is 0 Å². The second kappa shape index (κ2) is 7.06. The molecule has 0 amide bonds. The van der Waals surface area contributed by atoms with Crippen LogP contribution < -0.4 is 0 Å². The van der Waals surface area contributed by atoms with Crippen LogP contribution in [0.1, 0.15) is 0 Å². The van der Waals surface area contributed by atoms with Gasteiger partial charge in [-0.05, 0) is 11.6 Å². The first-order chi connectivity index (χ1) is 11.5. The quantitative estimate of drug-likeness (QED) is 0.297. The highest BCUT2D eigenvalue weighted by molar-refractivity contribution is 5.25. The van der Waals surface area contributed by atoms with Crippen LogP contribution in [0.15, 0.2) is 24.0 Å². The first-order valence-corrected chi connectivity index (χ1v) is 7.75. The van der Waals surface area contributed by atoms with Crippen molar-refractivity contribution >= 4 is 0 Å². The number of aliphatic hydroxyl groups is 6. The fourth-order valence-electron chi connectivity index (χ4n) is 3.38. The van der Waals surface area contributed by atoms with Crippen molar-refractivity contribution in [1.29, 1.82) is 0 Å².